The van der Waals surface area contributed by atoms with Crippen molar-refractivity contribution < 1.29 is 17.9 Å². The molecule has 0 aliphatic rings. The molecule has 0 aromatic heterocycles. The highest BCUT2D eigenvalue weighted by atomic mass is 19.4. The van der Waals surface area contributed by atoms with Gasteiger partial charge in [0.25, 0.3) is 0 Å². The van der Waals surface area contributed by atoms with Crippen LogP contribution in [0.2, 0.25) is 0 Å². The minimum atomic E-state index is -4.13. The number of ether oxygens (including phenoxy) is 1. The smallest absolute Gasteiger partial charge is 0.389 e. The van der Waals surface area contributed by atoms with E-state index in [2.05, 4.69) is 6.92 Å². The van der Waals surface area contributed by atoms with Gasteiger partial charge in [0.1, 0.15) is 11.9 Å². The number of hydrogen-bond donors (Lipinski definition) is 0. The van der Waals surface area contributed by atoms with E-state index in [1.54, 1.807) is 0 Å². The Kier molecular flexibility index (Phi) is 6.51. The number of hydrogen-bond acceptors (Lipinski definition) is 1. The first kappa shape index (κ1) is 19.4. The van der Waals surface area contributed by atoms with Gasteiger partial charge in [-0.3, -0.25) is 0 Å². The van der Waals surface area contributed by atoms with Gasteiger partial charge < -0.3 is 4.74 Å². The fourth-order valence-electron chi connectivity index (χ4n) is 3.19. The second kappa shape index (κ2) is 8.41. The third kappa shape index (κ3) is 5.80. The SMILES string of the molecule is CCc1c(C)cc(OC(CCCC(F)(F)F)c2ccccc2)cc1C. The molecule has 0 saturated heterocycles. The number of benzene rings is 2. The van der Waals surface area contributed by atoms with Crippen LogP contribution in [0.3, 0.4) is 0 Å². The molecular formula is C21H25F3O. The van der Waals surface area contributed by atoms with Crippen molar-refractivity contribution in [3.63, 3.8) is 0 Å². The van der Waals surface area contributed by atoms with E-state index in [0.29, 0.717) is 12.2 Å². The van der Waals surface area contributed by atoms with Gasteiger partial charge in [0, 0.05) is 6.42 Å². The molecule has 0 amide bonds. The Morgan fingerprint density at radius 1 is 1.00 bits per heavy atom. The Morgan fingerprint density at radius 2 is 1.60 bits per heavy atom. The maximum atomic E-state index is 12.5. The monoisotopic (exact) mass is 350 g/mol. The van der Waals surface area contributed by atoms with Crippen molar-refractivity contribution in [1.82, 2.24) is 0 Å². The van der Waals surface area contributed by atoms with E-state index < -0.39 is 12.6 Å². The van der Waals surface area contributed by atoms with Crippen LogP contribution in [-0.2, 0) is 6.42 Å². The number of alkyl halides is 3. The van der Waals surface area contributed by atoms with Gasteiger partial charge in [0.2, 0.25) is 0 Å². The van der Waals surface area contributed by atoms with Crippen LogP contribution in [0.4, 0.5) is 13.2 Å². The first-order chi connectivity index (χ1) is 11.8. The van der Waals surface area contributed by atoms with Gasteiger partial charge in [0.05, 0.1) is 0 Å². The molecule has 0 heterocycles. The van der Waals surface area contributed by atoms with E-state index >= 15 is 0 Å². The molecule has 1 unspecified atom stereocenters. The molecule has 1 nitrogen and oxygen atoms in total. The molecule has 0 spiro atoms. The summed E-state index contributed by atoms with van der Waals surface area (Å²) in [5.74, 6) is 0.716. The lowest BCUT2D eigenvalue weighted by Crippen LogP contribution is -2.12. The molecule has 2 aromatic carbocycles. The fraction of sp³-hybridized carbons (Fsp3) is 0.429. The largest absolute Gasteiger partial charge is 0.486 e. The van der Waals surface area contributed by atoms with Gasteiger partial charge in [0.15, 0.2) is 0 Å². The third-order valence-electron chi connectivity index (χ3n) is 4.40. The summed E-state index contributed by atoms with van der Waals surface area (Å²) in [5, 5.41) is 0. The molecule has 0 radical (unpaired) electrons. The van der Waals surface area contributed by atoms with Crippen LogP contribution in [0.15, 0.2) is 42.5 Å². The molecule has 25 heavy (non-hydrogen) atoms. The van der Waals surface area contributed by atoms with Crippen LogP contribution in [0.25, 0.3) is 0 Å². The van der Waals surface area contributed by atoms with Gasteiger partial charge >= 0.3 is 6.18 Å². The van der Waals surface area contributed by atoms with Crippen LogP contribution in [0.5, 0.6) is 5.75 Å². The average Bonchev–Trinajstić information content (AvgIpc) is 2.53. The molecule has 2 aromatic rings. The Labute approximate surface area is 147 Å². The first-order valence-corrected chi connectivity index (χ1v) is 8.68. The van der Waals surface area contributed by atoms with Crippen molar-refractivity contribution in [2.24, 2.45) is 0 Å². The van der Waals surface area contributed by atoms with Gasteiger partial charge in [-0.25, -0.2) is 0 Å². The van der Waals surface area contributed by atoms with Crippen molar-refractivity contribution in [2.75, 3.05) is 0 Å². The van der Waals surface area contributed by atoms with Gasteiger partial charge in [-0.05, 0) is 67.5 Å². The van der Waals surface area contributed by atoms with Crippen molar-refractivity contribution in [2.45, 2.75) is 58.7 Å². The van der Waals surface area contributed by atoms with E-state index in [0.717, 1.165) is 23.1 Å². The van der Waals surface area contributed by atoms with Crippen LogP contribution in [0.1, 0.15) is 54.5 Å². The predicted molar refractivity (Wildman–Crippen MR) is 95.0 cm³/mol. The highest BCUT2D eigenvalue weighted by molar-refractivity contribution is 5.41. The highest BCUT2D eigenvalue weighted by Gasteiger charge is 2.27. The lowest BCUT2D eigenvalue weighted by atomic mass is 10.00. The molecule has 136 valence electrons. The van der Waals surface area contributed by atoms with Crippen LogP contribution >= 0.6 is 0 Å². The third-order valence-corrected chi connectivity index (χ3v) is 4.40. The van der Waals surface area contributed by atoms with Crippen LogP contribution in [0, 0.1) is 13.8 Å². The van der Waals surface area contributed by atoms with Gasteiger partial charge in [-0.15, -0.1) is 0 Å². The minimum Gasteiger partial charge on any atom is -0.486 e. The van der Waals surface area contributed by atoms with Crippen molar-refractivity contribution in [3.05, 3.63) is 64.7 Å². The zero-order valence-electron chi connectivity index (χ0n) is 15.0. The standard InChI is InChI=1S/C21H25F3O/c1-4-19-15(2)13-18(14-16(19)3)25-20(11-8-12-21(22,23)24)17-9-6-5-7-10-17/h5-7,9-10,13-14,20H,4,8,11-12H2,1-3H3. The minimum absolute atomic E-state index is 0.0497. The van der Waals surface area contributed by atoms with Crippen molar-refractivity contribution >= 4 is 0 Å². The quantitative estimate of drug-likeness (QED) is 0.538. The normalized spacial score (nSPS) is 12.9. The topological polar surface area (TPSA) is 9.23 Å². The Bertz CT molecular complexity index is 654. The van der Waals surface area contributed by atoms with E-state index in [9.17, 15) is 13.2 Å². The fourth-order valence-corrected chi connectivity index (χ4v) is 3.19. The molecule has 0 fully saturated rings. The number of aryl methyl sites for hydroxylation is 2. The predicted octanol–water partition coefficient (Wildman–Crippen LogP) is 6.72. The zero-order chi connectivity index (χ0) is 18.4. The zero-order valence-corrected chi connectivity index (χ0v) is 15.0. The molecule has 0 bridgehead atoms. The summed E-state index contributed by atoms with van der Waals surface area (Å²) >= 11 is 0. The van der Waals surface area contributed by atoms with E-state index in [1.165, 1.54) is 5.56 Å². The molecule has 1 atom stereocenters. The Morgan fingerprint density at radius 3 is 2.12 bits per heavy atom. The molecule has 2 rings (SSSR count). The van der Waals surface area contributed by atoms with Gasteiger partial charge in [-0.1, -0.05) is 37.3 Å². The van der Waals surface area contributed by atoms with E-state index in [4.69, 9.17) is 4.74 Å². The van der Waals surface area contributed by atoms with Crippen LogP contribution < -0.4 is 4.74 Å². The van der Waals surface area contributed by atoms with Crippen LogP contribution in [-0.4, -0.2) is 6.18 Å². The van der Waals surface area contributed by atoms with E-state index in [1.807, 2.05) is 56.3 Å². The first-order valence-electron chi connectivity index (χ1n) is 8.68. The molecule has 4 heteroatoms. The second-order valence-corrected chi connectivity index (χ2v) is 6.41. The summed E-state index contributed by atoms with van der Waals surface area (Å²) in [6.07, 6.45) is -3.96. The van der Waals surface area contributed by atoms with Crippen molar-refractivity contribution in [3.8, 4) is 5.75 Å². The Balaban J connectivity index is 2.18. The summed E-state index contributed by atoms with van der Waals surface area (Å²) in [7, 11) is 0. The van der Waals surface area contributed by atoms with E-state index in [-0.39, 0.29) is 12.5 Å². The summed E-state index contributed by atoms with van der Waals surface area (Å²) in [4.78, 5) is 0. The average molecular weight is 350 g/mol. The molecule has 0 N–H and O–H groups in total. The second-order valence-electron chi connectivity index (χ2n) is 6.41. The van der Waals surface area contributed by atoms with Crippen molar-refractivity contribution in [1.29, 1.82) is 0 Å². The summed E-state index contributed by atoms with van der Waals surface area (Å²) < 4.78 is 43.6. The van der Waals surface area contributed by atoms with Gasteiger partial charge in [-0.2, -0.15) is 13.2 Å². The Hall–Kier alpha value is -1.97. The molecule has 0 aliphatic carbocycles. The summed E-state index contributed by atoms with van der Waals surface area (Å²) in [5.41, 5.74) is 4.50. The molecule has 0 saturated carbocycles. The lowest BCUT2D eigenvalue weighted by Gasteiger charge is -2.21. The highest BCUT2D eigenvalue weighted by Crippen LogP contribution is 2.31. The lowest BCUT2D eigenvalue weighted by molar-refractivity contribution is -0.136. The maximum Gasteiger partial charge on any atom is 0.389 e. The summed E-state index contributed by atoms with van der Waals surface area (Å²) in [6.45, 7) is 6.19. The molecule has 0 aliphatic heterocycles. The number of halogens is 3. The maximum absolute atomic E-state index is 12.5. The number of rotatable bonds is 7. The summed E-state index contributed by atoms with van der Waals surface area (Å²) in [6, 6.07) is 13.4. The molecular weight excluding hydrogens is 325 g/mol.